The van der Waals surface area contributed by atoms with Gasteiger partial charge in [0.25, 0.3) is 5.91 Å². The summed E-state index contributed by atoms with van der Waals surface area (Å²) in [4.78, 5) is 24.2. The van der Waals surface area contributed by atoms with Crippen molar-refractivity contribution in [2.24, 2.45) is 11.8 Å². The van der Waals surface area contributed by atoms with E-state index in [0.29, 0.717) is 24.0 Å². The molecule has 0 spiro atoms. The predicted molar refractivity (Wildman–Crippen MR) is 101 cm³/mol. The van der Waals surface area contributed by atoms with Crippen LogP contribution >= 0.6 is 0 Å². The molecule has 26 heavy (non-hydrogen) atoms. The molecular formula is C21H31NO4. The van der Waals surface area contributed by atoms with Crippen molar-refractivity contribution in [3.63, 3.8) is 0 Å². The number of carbonyl (C=O) groups excluding carboxylic acids is 2. The van der Waals surface area contributed by atoms with Crippen LogP contribution in [0.3, 0.4) is 0 Å². The van der Waals surface area contributed by atoms with E-state index in [0.717, 1.165) is 18.4 Å². The Balaban J connectivity index is 1.77. The Morgan fingerprint density at radius 2 is 1.85 bits per heavy atom. The molecule has 0 unspecified atom stereocenters. The maximum Gasteiger partial charge on any atom is 0.338 e. The first kappa shape index (κ1) is 20.4. The second kappa shape index (κ2) is 9.72. The molecule has 0 aliphatic heterocycles. The van der Waals surface area contributed by atoms with E-state index < -0.39 is 5.97 Å². The number of hydrogen-bond donors (Lipinski definition) is 1. The lowest BCUT2D eigenvalue weighted by molar-refractivity contribution is -0.125. The third-order valence-electron chi connectivity index (χ3n) is 5.16. The average molecular weight is 361 g/mol. The van der Waals surface area contributed by atoms with Crippen molar-refractivity contribution >= 4 is 11.9 Å². The Bertz CT molecular complexity index is 597. The summed E-state index contributed by atoms with van der Waals surface area (Å²) in [6.45, 7) is 8.61. The maximum absolute atomic E-state index is 12.1. The van der Waals surface area contributed by atoms with Gasteiger partial charge in [-0.05, 0) is 49.8 Å². The van der Waals surface area contributed by atoms with Crippen molar-refractivity contribution in [2.45, 2.75) is 65.7 Å². The molecule has 1 aliphatic carbocycles. The Morgan fingerprint density at radius 1 is 1.15 bits per heavy atom. The first-order valence-electron chi connectivity index (χ1n) is 9.54. The highest BCUT2D eigenvalue weighted by Gasteiger charge is 2.28. The molecule has 5 nitrogen and oxygen atoms in total. The minimum Gasteiger partial charge on any atom is -0.452 e. The van der Waals surface area contributed by atoms with Gasteiger partial charge in [-0.1, -0.05) is 38.8 Å². The lowest BCUT2D eigenvalue weighted by atomic mass is 9.78. The molecule has 1 saturated carbocycles. The molecule has 0 heterocycles. The summed E-state index contributed by atoms with van der Waals surface area (Å²) in [5, 5.41) is 3.01. The van der Waals surface area contributed by atoms with E-state index in [1.54, 1.807) is 12.1 Å². The highest BCUT2D eigenvalue weighted by molar-refractivity contribution is 5.91. The van der Waals surface area contributed by atoms with Crippen molar-refractivity contribution < 1.29 is 19.1 Å². The van der Waals surface area contributed by atoms with Crippen LogP contribution in [-0.4, -0.2) is 30.6 Å². The topological polar surface area (TPSA) is 64.6 Å². The largest absolute Gasteiger partial charge is 0.452 e. The van der Waals surface area contributed by atoms with Crippen molar-refractivity contribution in [1.29, 1.82) is 0 Å². The molecule has 0 aromatic heterocycles. The van der Waals surface area contributed by atoms with Crippen LogP contribution in [0.2, 0.25) is 0 Å². The van der Waals surface area contributed by atoms with Crippen molar-refractivity contribution in [3.05, 3.63) is 35.4 Å². The normalized spacial score (nSPS) is 22.9. The molecule has 1 aromatic rings. The Hall–Kier alpha value is -1.88. The van der Waals surface area contributed by atoms with Crippen LogP contribution < -0.4 is 5.32 Å². The molecule has 1 fully saturated rings. The fraction of sp³-hybridized carbons (Fsp3) is 0.619. The number of carbonyl (C=O) groups is 2. The lowest BCUT2D eigenvalue weighted by Crippen LogP contribution is -2.45. The molecule has 0 radical (unpaired) electrons. The molecule has 1 amide bonds. The van der Waals surface area contributed by atoms with E-state index in [9.17, 15) is 9.59 Å². The monoisotopic (exact) mass is 361 g/mol. The number of hydrogen-bond acceptors (Lipinski definition) is 4. The number of esters is 1. The fourth-order valence-corrected chi connectivity index (χ4v) is 3.25. The van der Waals surface area contributed by atoms with E-state index in [2.05, 4.69) is 19.2 Å². The van der Waals surface area contributed by atoms with Gasteiger partial charge in [-0.25, -0.2) is 4.79 Å². The van der Waals surface area contributed by atoms with Gasteiger partial charge in [-0.3, -0.25) is 4.79 Å². The average Bonchev–Trinajstić information content (AvgIpc) is 2.62. The van der Waals surface area contributed by atoms with Gasteiger partial charge in [0.05, 0.1) is 18.3 Å². The summed E-state index contributed by atoms with van der Waals surface area (Å²) in [7, 11) is 0. The zero-order valence-electron chi connectivity index (χ0n) is 16.3. The lowest BCUT2D eigenvalue weighted by Gasteiger charge is -2.34. The van der Waals surface area contributed by atoms with Gasteiger partial charge in [0.1, 0.15) is 0 Å². The molecule has 1 aliphatic rings. The minimum atomic E-state index is -0.485. The van der Waals surface area contributed by atoms with Crippen LogP contribution in [0.1, 0.15) is 62.9 Å². The van der Waals surface area contributed by atoms with Crippen LogP contribution in [0.25, 0.3) is 0 Å². The van der Waals surface area contributed by atoms with Crippen LogP contribution in [0.15, 0.2) is 24.3 Å². The summed E-state index contributed by atoms with van der Waals surface area (Å²) < 4.78 is 10.7. The first-order chi connectivity index (χ1) is 12.4. The Labute approximate surface area is 156 Å². The van der Waals surface area contributed by atoms with E-state index in [1.165, 1.54) is 6.42 Å². The first-order valence-corrected chi connectivity index (χ1v) is 9.54. The third kappa shape index (κ3) is 6.13. The van der Waals surface area contributed by atoms with Crippen LogP contribution in [0, 0.1) is 11.8 Å². The number of benzene rings is 1. The molecule has 144 valence electrons. The molecule has 3 atom stereocenters. The summed E-state index contributed by atoms with van der Waals surface area (Å²) in [5.41, 5.74) is 1.43. The summed E-state index contributed by atoms with van der Waals surface area (Å²) in [5.74, 6) is 0.339. The second-order valence-electron chi connectivity index (χ2n) is 7.57. The van der Waals surface area contributed by atoms with Gasteiger partial charge in [-0.15, -0.1) is 0 Å². The molecule has 0 saturated heterocycles. The van der Waals surface area contributed by atoms with Gasteiger partial charge in [0.2, 0.25) is 0 Å². The van der Waals surface area contributed by atoms with E-state index >= 15 is 0 Å². The molecular weight excluding hydrogens is 330 g/mol. The van der Waals surface area contributed by atoms with Gasteiger partial charge < -0.3 is 14.8 Å². The molecule has 1 N–H and O–H groups in total. The van der Waals surface area contributed by atoms with E-state index in [4.69, 9.17) is 9.47 Å². The van der Waals surface area contributed by atoms with Gasteiger partial charge >= 0.3 is 5.97 Å². The quantitative estimate of drug-likeness (QED) is 0.752. The van der Waals surface area contributed by atoms with Crippen LogP contribution in [0.4, 0.5) is 0 Å². The fourth-order valence-electron chi connectivity index (χ4n) is 3.25. The van der Waals surface area contributed by atoms with Crippen molar-refractivity contribution in [1.82, 2.24) is 5.32 Å². The summed E-state index contributed by atoms with van der Waals surface area (Å²) in [6.07, 6.45) is 3.49. The third-order valence-corrected chi connectivity index (χ3v) is 5.16. The van der Waals surface area contributed by atoms with E-state index in [-0.39, 0.29) is 24.7 Å². The predicted octanol–water partition coefficient (Wildman–Crippen LogP) is 3.71. The maximum atomic E-state index is 12.1. The molecule has 2 rings (SSSR count). The second-order valence-corrected chi connectivity index (χ2v) is 7.57. The smallest absolute Gasteiger partial charge is 0.338 e. The standard InChI is InChI=1S/C21H31NO4/c1-14(2)25-12-17-8-10-18(11-9-17)21(24)26-13-20(23)22-19-7-5-6-15(3)16(19)4/h8-11,14-16,19H,5-7,12-13H2,1-4H3,(H,22,23)/t15-,16+,19+/m0/s1. The highest BCUT2D eigenvalue weighted by atomic mass is 16.5. The van der Waals surface area contributed by atoms with Crippen molar-refractivity contribution in [3.8, 4) is 0 Å². The number of ether oxygens (including phenoxy) is 2. The van der Waals surface area contributed by atoms with Crippen LogP contribution in [0.5, 0.6) is 0 Å². The number of nitrogens with one attached hydrogen (secondary N) is 1. The molecule has 5 heteroatoms. The van der Waals surface area contributed by atoms with E-state index in [1.807, 2.05) is 26.0 Å². The minimum absolute atomic E-state index is 0.160. The zero-order chi connectivity index (χ0) is 19.1. The summed E-state index contributed by atoms with van der Waals surface area (Å²) >= 11 is 0. The van der Waals surface area contributed by atoms with Crippen LogP contribution in [-0.2, 0) is 20.9 Å². The SMILES string of the molecule is CC(C)OCc1ccc(C(=O)OCC(=O)N[C@@H]2CCC[C@H](C)[C@H]2C)cc1. The summed E-state index contributed by atoms with van der Waals surface area (Å²) in [6, 6.07) is 7.24. The van der Waals surface area contributed by atoms with Gasteiger partial charge in [0, 0.05) is 6.04 Å². The molecule has 0 bridgehead atoms. The Morgan fingerprint density at radius 3 is 2.50 bits per heavy atom. The molecule has 1 aromatic carbocycles. The van der Waals surface area contributed by atoms with Crippen molar-refractivity contribution in [2.75, 3.05) is 6.61 Å². The van der Waals surface area contributed by atoms with Gasteiger partial charge in [0.15, 0.2) is 6.61 Å². The zero-order valence-corrected chi connectivity index (χ0v) is 16.3. The highest BCUT2D eigenvalue weighted by Crippen LogP contribution is 2.29. The number of rotatable bonds is 7. The number of amides is 1. The van der Waals surface area contributed by atoms with Gasteiger partial charge in [-0.2, -0.15) is 0 Å². The Kier molecular flexibility index (Phi) is 7.64.